The molecule has 0 bridgehead atoms. The van der Waals surface area contributed by atoms with Crippen LogP contribution < -0.4 is 15.4 Å². The SMILES string of the molecule is CN=C(NCc1ccc(OCC(F)(F)F)nc1)NCC(c1ccccc1)N1CCCC1. The third-order valence-corrected chi connectivity index (χ3v) is 5.09. The summed E-state index contributed by atoms with van der Waals surface area (Å²) in [4.78, 5) is 10.7. The minimum absolute atomic E-state index is 0.0556. The Balaban J connectivity index is 1.51. The van der Waals surface area contributed by atoms with Crippen molar-refractivity contribution in [2.45, 2.75) is 31.6 Å². The van der Waals surface area contributed by atoms with Crippen LogP contribution in [-0.4, -0.2) is 55.3 Å². The predicted octanol–water partition coefficient (Wildman–Crippen LogP) is 3.52. The molecule has 0 saturated carbocycles. The molecule has 1 saturated heterocycles. The Morgan fingerprint density at radius 1 is 1.13 bits per heavy atom. The number of ether oxygens (including phenoxy) is 1. The summed E-state index contributed by atoms with van der Waals surface area (Å²) < 4.78 is 41.3. The second-order valence-electron chi connectivity index (χ2n) is 7.38. The fourth-order valence-electron chi connectivity index (χ4n) is 3.54. The fourth-order valence-corrected chi connectivity index (χ4v) is 3.54. The van der Waals surface area contributed by atoms with Crippen molar-refractivity contribution in [2.75, 3.05) is 33.3 Å². The number of alkyl halides is 3. The first-order valence-corrected chi connectivity index (χ1v) is 10.3. The number of pyridine rings is 1. The van der Waals surface area contributed by atoms with E-state index in [1.54, 1.807) is 13.1 Å². The monoisotopic (exact) mass is 435 g/mol. The van der Waals surface area contributed by atoms with Crippen molar-refractivity contribution in [3.8, 4) is 5.88 Å². The normalized spacial score (nSPS) is 16.2. The summed E-state index contributed by atoms with van der Waals surface area (Å²) in [6, 6.07) is 13.8. The van der Waals surface area contributed by atoms with Gasteiger partial charge in [-0.15, -0.1) is 0 Å². The van der Waals surface area contributed by atoms with Crippen LogP contribution in [0.5, 0.6) is 5.88 Å². The van der Waals surface area contributed by atoms with Gasteiger partial charge in [0.05, 0.1) is 6.04 Å². The number of likely N-dealkylation sites (tertiary alicyclic amines) is 1. The molecule has 2 aromatic rings. The average Bonchev–Trinajstić information content (AvgIpc) is 3.30. The van der Waals surface area contributed by atoms with Crippen LogP contribution in [0, 0.1) is 0 Å². The van der Waals surface area contributed by atoms with E-state index in [2.05, 4.69) is 54.5 Å². The lowest BCUT2D eigenvalue weighted by Crippen LogP contribution is -2.42. The van der Waals surface area contributed by atoms with E-state index in [-0.39, 0.29) is 11.9 Å². The van der Waals surface area contributed by atoms with E-state index < -0.39 is 12.8 Å². The Kier molecular flexibility index (Phi) is 8.11. The Bertz CT molecular complexity index is 821. The second kappa shape index (κ2) is 11.0. The molecule has 1 unspecified atom stereocenters. The summed E-state index contributed by atoms with van der Waals surface area (Å²) >= 11 is 0. The maximum atomic E-state index is 12.2. The maximum Gasteiger partial charge on any atom is 0.422 e. The minimum Gasteiger partial charge on any atom is -0.468 e. The van der Waals surface area contributed by atoms with E-state index in [4.69, 9.17) is 0 Å². The lowest BCUT2D eigenvalue weighted by molar-refractivity contribution is -0.154. The second-order valence-corrected chi connectivity index (χ2v) is 7.38. The molecule has 1 fully saturated rings. The Hall–Kier alpha value is -2.81. The van der Waals surface area contributed by atoms with Crippen LogP contribution in [0.4, 0.5) is 13.2 Å². The smallest absolute Gasteiger partial charge is 0.422 e. The average molecular weight is 435 g/mol. The van der Waals surface area contributed by atoms with Crippen LogP contribution in [0.3, 0.4) is 0 Å². The zero-order chi connectivity index (χ0) is 22.1. The van der Waals surface area contributed by atoms with Gasteiger partial charge in [-0.25, -0.2) is 4.98 Å². The highest BCUT2D eigenvalue weighted by Gasteiger charge is 2.28. The van der Waals surface area contributed by atoms with Crippen molar-refractivity contribution in [1.82, 2.24) is 20.5 Å². The van der Waals surface area contributed by atoms with Crippen molar-refractivity contribution in [1.29, 1.82) is 0 Å². The van der Waals surface area contributed by atoms with Crippen LogP contribution in [0.2, 0.25) is 0 Å². The number of guanidine groups is 1. The molecule has 1 aliphatic heterocycles. The number of aromatic nitrogens is 1. The van der Waals surface area contributed by atoms with Crippen molar-refractivity contribution in [2.24, 2.45) is 4.99 Å². The predicted molar refractivity (Wildman–Crippen MR) is 114 cm³/mol. The summed E-state index contributed by atoms with van der Waals surface area (Å²) in [5, 5.41) is 6.61. The van der Waals surface area contributed by atoms with Gasteiger partial charge in [-0.3, -0.25) is 9.89 Å². The van der Waals surface area contributed by atoms with E-state index in [1.165, 1.54) is 30.7 Å². The highest BCUT2D eigenvalue weighted by molar-refractivity contribution is 5.79. The molecule has 2 heterocycles. The molecule has 31 heavy (non-hydrogen) atoms. The van der Waals surface area contributed by atoms with Crippen LogP contribution in [-0.2, 0) is 6.54 Å². The first kappa shape index (κ1) is 22.9. The lowest BCUT2D eigenvalue weighted by atomic mass is 10.1. The summed E-state index contributed by atoms with van der Waals surface area (Å²) in [6.07, 6.45) is -0.465. The maximum absolute atomic E-state index is 12.2. The van der Waals surface area contributed by atoms with E-state index in [0.29, 0.717) is 19.0 Å². The van der Waals surface area contributed by atoms with Gasteiger partial charge in [0, 0.05) is 32.4 Å². The van der Waals surface area contributed by atoms with Gasteiger partial charge in [0.1, 0.15) is 0 Å². The summed E-state index contributed by atoms with van der Waals surface area (Å²) in [7, 11) is 1.70. The molecule has 0 amide bonds. The molecular formula is C22H28F3N5O. The van der Waals surface area contributed by atoms with Crippen molar-refractivity contribution in [3.63, 3.8) is 0 Å². The lowest BCUT2D eigenvalue weighted by Gasteiger charge is -2.29. The molecule has 1 atom stereocenters. The van der Waals surface area contributed by atoms with Gasteiger partial charge in [-0.1, -0.05) is 36.4 Å². The molecule has 2 N–H and O–H groups in total. The Morgan fingerprint density at radius 2 is 1.87 bits per heavy atom. The zero-order valence-electron chi connectivity index (χ0n) is 17.5. The quantitative estimate of drug-likeness (QED) is 0.491. The van der Waals surface area contributed by atoms with Gasteiger partial charge in [0.25, 0.3) is 0 Å². The van der Waals surface area contributed by atoms with Crippen LogP contribution in [0.15, 0.2) is 53.7 Å². The van der Waals surface area contributed by atoms with Gasteiger partial charge < -0.3 is 15.4 Å². The minimum atomic E-state index is -4.38. The summed E-state index contributed by atoms with van der Waals surface area (Å²) in [6.45, 7) is 1.97. The fraction of sp³-hybridized carbons (Fsp3) is 0.455. The summed E-state index contributed by atoms with van der Waals surface area (Å²) in [5.41, 5.74) is 2.08. The van der Waals surface area contributed by atoms with Gasteiger partial charge in [-0.05, 0) is 37.1 Å². The topological polar surface area (TPSA) is 61.8 Å². The zero-order valence-corrected chi connectivity index (χ0v) is 17.5. The number of benzene rings is 1. The number of rotatable bonds is 8. The molecular weight excluding hydrogens is 407 g/mol. The molecule has 168 valence electrons. The molecule has 0 aliphatic carbocycles. The molecule has 9 heteroatoms. The van der Waals surface area contributed by atoms with Gasteiger partial charge >= 0.3 is 6.18 Å². The number of hydrogen-bond acceptors (Lipinski definition) is 4. The highest BCUT2D eigenvalue weighted by atomic mass is 19.4. The molecule has 1 aromatic carbocycles. The number of hydrogen-bond donors (Lipinski definition) is 2. The van der Waals surface area contributed by atoms with Crippen LogP contribution >= 0.6 is 0 Å². The first-order chi connectivity index (χ1) is 14.9. The Labute approximate surface area is 180 Å². The molecule has 0 spiro atoms. The molecule has 3 rings (SSSR count). The van der Waals surface area contributed by atoms with Gasteiger partial charge in [0.15, 0.2) is 12.6 Å². The third kappa shape index (κ3) is 7.43. The molecule has 0 radical (unpaired) electrons. The number of nitrogens with one attached hydrogen (secondary N) is 2. The van der Waals surface area contributed by atoms with E-state index in [0.717, 1.165) is 18.7 Å². The molecule has 6 nitrogen and oxygen atoms in total. The van der Waals surface area contributed by atoms with Gasteiger partial charge in [-0.2, -0.15) is 13.2 Å². The number of aliphatic imine (C=N–C) groups is 1. The Morgan fingerprint density at radius 3 is 2.48 bits per heavy atom. The van der Waals surface area contributed by atoms with Gasteiger partial charge in [0.2, 0.25) is 5.88 Å². The molecule has 1 aliphatic rings. The van der Waals surface area contributed by atoms with E-state index in [9.17, 15) is 13.2 Å². The summed E-state index contributed by atoms with van der Waals surface area (Å²) in [5.74, 6) is 0.595. The standard InChI is InChI=1S/C22H28F3N5O/c1-26-21(28-14-17-9-10-20(27-13-17)31-16-22(23,24)25)29-15-19(30-11-5-6-12-30)18-7-3-2-4-8-18/h2-4,7-10,13,19H,5-6,11-12,14-16H2,1H3,(H2,26,28,29). The van der Waals surface area contributed by atoms with Crippen molar-refractivity contribution in [3.05, 3.63) is 59.8 Å². The third-order valence-electron chi connectivity index (χ3n) is 5.09. The molecule has 1 aromatic heterocycles. The highest BCUT2D eigenvalue weighted by Crippen LogP contribution is 2.24. The first-order valence-electron chi connectivity index (χ1n) is 10.3. The van der Waals surface area contributed by atoms with Crippen LogP contribution in [0.25, 0.3) is 0 Å². The van der Waals surface area contributed by atoms with E-state index in [1.807, 2.05) is 6.07 Å². The van der Waals surface area contributed by atoms with Crippen molar-refractivity contribution >= 4 is 5.96 Å². The van der Waals surface area contributed by atoms with Crippen molar-refractivity contribution < 1.29 is 17.9 Å². The van der Waals surface area contributed by atoms with Crippen LogP contribution in [0.1, 0.15) is 30.0 Å². The number of halogens is 3. The largest absolute Gasteiger partial charge is 0.468 e. The van der Waals surface area contributed by atoms with E-state index >= 15 is 0 Å². The number of nitrogens with zero attached hydrogens (tertiary/aromatic N) is 3.